The predicted molar refractivity (Wildman–Crippen MR) is 127 cm³/mol. The average molecular weight is 445 g/mol. The molecule has 0 aliphatic rings. The van der Waals surface area contributed by atoms with Crippen molar-refractivity contribution in [3.8, 4) is 5.75 Å². The first-order valence-electron chi connectivity index (χ1n) is 9.26. The van der Waals surface area contributed by atoms with Crippen molar-refractivity contribution < 1.29 is 14.3 Å². The van der Waals surface area contributed by atoms with Gasteiger partial charge < -0.3 is 20.7 Å². The molecule has 2 aromatic carbocycles. The summed E-state index contributed by atoms with van der Waals surface area (Å²) in [5.74, 6) is 0.447. The van der Waals surface area contributed by atoms with Gasteiger partial charge >= 0.3 is 0 Å². The zero-order chi connectivity index (χ0) is 22.1. The number of benzene rings is 2. The van der Waals surface area contributed by atoms with Crippen molar-refractivity contribution in [2.45, 2.75) is 20.8 Å². The lowest BCUT2D eigenvalue weighted by atomic mass is 10.2. The SMILES string of the molecule is CC(=O)NC(=S)Nc1ccc(NC(=S)NC(=O)c2cccc(OCC(C)C)c2)cc1. The van der Waals surface area contributed by atoms with Crippen LogP contribution in [0.2, 0.25) is 0 Å². The molecule has 0 saturated heterocycles. The van der Waals surface area contributed by atoms with Gasteiger partial charge in [0.15, 0.2) is 10.2 Å². The van der Waals surface area contributed by atoms with Gasteiger partial charge in [0.05, 0.1) is 6.61 Å². The molecule has 2 aromatic rings. The Kier molecular flexibility index (Phi) is 8.70. The Labute approximate surface area is 186 Å². The van der Waals surface area contributed by atoms with E-state index in [1.54, 1.807) is 42.5 Å². The van der Waals surface area contributed by atoms with Gasteiger partial charge in [-0.2, -0.15) is 0 Å². The Balaban J connectivity index is 1.89. The molecule has 30 heavy (non-hydrogen) atoms. The molecule has 0 unspecified atom stereocenters. The normalized spacial score (nSPS) is 10.1. The zero-order valence-corrected chi connectivity index (χ0v) is 18.6. The van der Waals surface area contributed by atoms with E-state index >= 15 is 0 Å². The van der Waals surface area contributed by atoms with Crippen LogP contribution < -0.4 is 26.0 Å². The molecule has 0 spiro atoms. The first-order chi connectivity index (χ1) is 14.2. The number of nitrogens with one attached hydrogen (secondary N) is 4. The van der Waals surface area contributed by atoms with E-state index in [0.29, 0.717) is 35.2 Å². The van der Waals surface area contributed by atoms with E-state index in [9.17, 15) is 9.59 Å². The van der Waals surface area contributed by atoms with Crippen molar-refractivity contribution >= 4 is 57.8 Å². The highest BCUT2D eigenvalue weighted by molar-refractivity contribution is 7.80. The Morgan fingerprint density at radius 2 is 1.50 bits per heavy atom. The molecule has 158 valence electrons. The van der Waals surface area contributed by atoms with Gasteiger partial charge in [-0.3, -0.25) is 14.9 Å². The largest absolute Gasteiger partial charge is 0.493 e. The monoisotopic (exact) mass is 444 g/mol. The average Bonchev–Trinajstić information content (AvgIpc) is 2.67. The summed E-state index contributed by atoms with van der Waals surface area (Å²) in [6.45, 7) is 6.07. The lowest BCUT2D eigenvalue weighted by Crippen LogP contribution is -2.34. The Morgan fingerprint density at radius 1 is 0.933 bits per heavy atom. The van der Waals surface area contributed by atoms with Crippen LogP contribution in [0, 0.1) is 5.92 Å². The highest BCUT2D eigenvalue weighted by atomic mass is 32.1. The predicted octanol–water partition coefficient (Wildman–Crippen LogP) is 3.68. The van der Waals surface area contributed by atoms with E-state index in [2.05, 4.69) is 35.1 Å². The van der Waals surface area contributed by atoms with Crippen LogP contribution in [0.5, 0.6) is 5.75 Å². The van der Waals surface area contributed by atoms with E-state index in [4.69, 9.17) is 29.2 Å². The molecular formula is C21H24N4O3S2. The first kappa shape index (κ1) is 23.2. The fourth-order valence-electron chi connectivity index (χ4n) is 2.29. The Hall–Kier alpha value is -3.04. The van der Waals surface area contributed by atoms with Crippen LogP contribution in [0.15, 0.2) is 48.5 Å². The smallest absolute Gasteiger partial charge is 0.257 e. The van der Waals surface area contributed by atoms with Crippen LogP contribution in [0.1, 0.15) is 31.1 Å². The summed E-state index contributed by atoms with van der Waals surface area (Å²) >= 11 is 10.2. The maximum Gasteiger partial charge on any atom is 0.257 e. The first-order valence-corrected chi connectivity index (χ1v) is 10.1. The van der Waals surface area contributed by atoms with E-state index in [0.717, 1.165) is 0 Å². The van der Waals surface area contributed by atoms with Crippen molar-refractivity contribution in [3.05, 3.63) is 54.1 Å². The number of carbonyl (C=O) groups is 2. The summed E-state index contributed by atoms with van der Waals surface area (Å²) in [4.78, 5) is 23.4. The molecule has 0 heterocycles. The Bertz CT molecular complexity index is 930. The van der Waals surface area contributed by atoms with Gasteiger partial charge in [0.2, 0.25) is 5.91 Å². The fourth-order valence-corrected chi connectivity index (χ4v) is 2.76. The summed E-state index contributed by atoms with van der Waals surface area (Å²) in [6.07, 6.45) is 0. The number of amides is 2. The van der Waals surface area contributed by atoms with Crippen LogP contribution in [0.4, 0.5) is 11.4 Å². The molecule has 9 heteroatoms. The highest BCUT2D eigenvalue weighted by Gasteiger charge is 2.10. The molecule has 0 atom stereocenters. The fraction of sp³-hybridized carbons (Fsp3) is 0.238. The van der Waals surface area contributed by atoms with Crippen LogP contribution >= 0.6 is 24.4 Å². The molecule has 2 amide bonds. The maximum atomic E-state index is 12.4. The molecule has 2 rings (SSSR count). The highest BCUT2D eigenvalue weighted by Crippen LogP contribution is 2.15. The number of anilines is 2. The quantitative estimate of drug-likeness (QED) is 0.505. The number of rotatable bonds is 6. The third-order valence-electron chi connectivity index (χ3n) is 3.60. The van der Waals surface area contributed by atoms with Gasteiger partial charge in [0, 0.05) is 23.9 Å². The number of thiocarbonyl (C=S) groups is 2. The molecule has 4 N–H and O–H groups in total. The molecule has 0 aromatic heterocycles. The van der Waals surface area contributed by atoms with E-state index in [-0.39, 0.29) is 22.0 Å². The second-order valence-electron chi connectivity index (χ2n) is 6.85. The molecule has 0 fully saturated rings. The topological polar surface area (TPSA) is 91.5 Å². The van der Waals surface area contributed by atoms with Crippen molar-refractivity contribution in [1.82, 2.24) is 10.6 Å². The molecular weight excluding hydrogens is 420 g/mol. The Morgan fingerprint density at radius 3 is 2.03 bits per heavy atom. The molecule has 0 radical (unpaired) electrons. The van der Waals surface area contributed by atoms with Gasteiger partial charge in [-0.15, -0.1) is 0 Å². The second kappa shape index (κ2) is 11.2. The van der Waals surface area contributed by atoms with Gasteiger partial charge in [-0.05, 0) is 72.8 Å². The second-order valence-corrected chi connectivity index (χ2v) is 7.67. The van der Waals surface area contributed by atoms with E-state index in [1.165, 1.54) is 6.92 Å². The minimum Gasteiger partial charge on any atom is -0.493 e. The van der Waals surface area contributed by atoms with E-state index < -0.39 is 0 Å². The standard InChI is InChI=1S/C21H24N4O3S2/c1-13(2)12-28-18-6-4-5-15(11-18)19(27)25-21(30)24-17-9-7-16(8-10-17)23-20(29)22-14(3)26/h4-11,13H,12H2,1-3H3,(H2,22,23,26,29)(H2,24,25,27,30). The number of carbonyl (C=O) groups excluding carboxylic acids is 2. The number of hydrogen-bond acceptors (Lipinski definition) is 5. The maximum absolute atomic E-state index is 12.4. The minimum atomic E-state index is -0.332. The van der Waals surface area contributed by atoms with Crippen molar-refractivity contribution in [3.63, 3.8) is 0 Å². The van der Waals surface area contributed by atoms with Crippen molar-refractivity contribution in [2.75, 3.05) is 17.2 Å². The van der Waals surface area contributed by atoms with Gasteiger partial charge in [-0.25, -0.2) is 0 Å². The van der Waals surface area contributed by atoms with Gasteiger partial charge in [-0.1, -0.05) is 19.9 Å². The van der Waals surface area contributed by atoms with Crippen molar-refractivity contribution in [1.29, 1.82) is 0 Å². The number of hydrogen-bond donors (Lipinski definition) is 4. The van der Waals surface area contributed by atoms with Crippen LogP contribution in [-0.4, -0.2) is 28.6 Å². The summed E-state index contributed by atoms with van der Waals surface area (Å²) < 4.78 is 5.65. The minimum absolute atomic E-state index is 0.169. The van der Waals surface area contributed by atoms with Crippen LogP contribution in [0.25, 0.3) is 0 Å². The summed E-state index contributed by atoms with van der Waals surface area (Å²) in [5, 5.41) is 11.3. The molecule has 0 aliphatic heterocycles. The lowest BCUT2D eigenvalue weighted by molar-refractivity contribution is -0.117. The third-order valence-corrected chi connectivity index (χ3v) is 4.01. The summed E-state index contributed by atoms with van der Waals surface area (Å²) in [7, 11) is 0. The van der Waals surface area contributed by atoms with Gasteiger partial charge in [0.1, 0.15) is 5.75 Å². The van der Waals surface area contributed by atoms with Crippen molar-refractivity contribution in [2.24, 2.45) is 5.92 Å². The molecule has 0 saturated carbocycles. The van der Waals surface area contributed by atoms with E-state index in [1.807, 2.05) is 6.07 Å². The molecule has 0 aliphatic carbocycles. The zero-order valence-electron chi connectivity index (χ0n) is 16.9. The lowest BCUT2D eigenvalue weighted by Gasteiger charge is -2.12. The molecule has 7 nitrogen and oxygen atoms in total. The van der Waals surface area contributed by atoms with Crippen LogP contribution in [-0.2, 0) is 4.79 Å². The third kappa shape index (κ3) is 8.14. The summed E-state index contributed by atoms with van der Waals surface area (Å²) in [6, 6.07) is 14.0. The van der Waals surface area contributed by atoms with Gasteiger partial charge in [0.25, 0.3) is 5.91 Å². The summed E-state index contributed by atoms with van der Waals surface area (Å²) in [5.41, 5.74) is 1.84. The number of ether oxygens (including phenoxy) is 1. The molecule has 0 bridgehead atoms. The van der Waals surface area contributed by atoms with Crippen LogP contribution in [0.3, 0.4) is 0 Å².